The Balaban J connectivity index is 3.46. The average Bonchev–Trinajstić information content (AvgIpc) is 2.20. The van der Waals surface area contributed by atoms with Crippen molar-refractivity contribution in [1.29, 1.82) is 0 Å². The molecular formula is C8H13F5O3S. The summed E-state index contributed by atoms with van der Waals surface area (Å²) in [6.07, 6.45) is -5.54. The van der Waals surface area contributed by atoms with Gasteiger partial charge in [-0.15, -0.1) is 0 Å². The van der Waals surface area contributed by atoms with Crippen molar-refractivity contribution in [3.05, 3.63) is 0 Å². The summed E-state index contributed by atoms with van der Waals surface area (Å²) in [6.45, 7) is -0.00419. The highest BCUT2D eigenvalue weighted by Gasteiger charge is 2.57. The topological polar surface area (TPSA) is 38.7 Å². The molecular weight excluding hydrogens is 271 g/mol. The Morgan fingerprint density at radius 1 is 0.882 bits per heavy atom. The molecule has 17 heavy (non-hydrogen) atoms. The van der Waals surface area contributed by atoms with E-state index in [0.29, 0.717) is 0 Å². The number of alkyl halides is 5. The van der Waals surface area contributed by atoms with E-state index in [1.165, 1.54) is 0 Å². The monoisotopic (exact) mass is 284 g/mol. The molecule has 0 radical (unpaired) electrons. The van der Waals surface area contributed by atoms with Gasteiger partial charge in [-0.3, -0.25) is 0 Å². The minimum absolute atomic E-state index is 0.0815. The van der Waals surface area contributed by atoms with Gasteiger partial charge >= 0.3 is 11.4 Å². The van der Waals surface area contributed by atoms with E-state index in [1.807, 2.05) is 0 Å². The highest BCUT2D eigenvalue weighted by Crippen LogP contribution is 2.43. The first-order valence-corrected chi connectivity index (χ1v) is 5.64. The summed E-state index contributed by atoms with van der Waals surface area (Å²) in [5.41, 5.74) is 0. The first-order chi connectivity index (χ1) is 7.81. The van der Waals surface area contributed by atoms with Crippen LogP contribution in [0.3, 0.4) is 0 Å². The van der Waals surface area contributed by atoms with Crippen LogP contribution in [0.25, 0.3) is 0 Å². The van der Waals surface area contributed by atoms with Gasteiger partial charge in [0.2, 0.25) is 0 Å². The summed E-state index contributed by atoms with van der Waals surface area (Å²) < 4.78 is 69.3. The zero-order chi connectivity index (χ0) is 13.4. The van der Waals surface area contributed by atoms with Gasteiger partial charge in [0.15, 0.2) is 0 Å². The minimum Gasteiger partial charge on any atom is -0.394 e. The molecule has 1 N–H and O–H groups in total. The van der Waals surface area contributed by atoms with Gasteiger partial charge in [0, 0.05) is 5.75 Å². The van der Waals surface area contributed by atoms with E-state index < -0.39 is 28.9 Å². The van der Waals surface area contributed by atoms with Crippen LogP contribution in [-0.2, 0) is 9.47 Å². The van der Waals surface area contributed by atoms with E-state index in [1.54, 1.807) is 0 Å². The van der Waals surface area contributed by atoms with Crippen molar-refractivity contribution in [2.75, 3.05) is 38.8 Å². The molecule has 0 saturated heterocycles. The van der Waals surface area contributed by atoms with Crippen molar-refractivity contribution in [3.8, 4) is 0 Å². The van der Waals surface area contributed by atoms with Crippen molar-refractivity contribution in [2.24, 2.45) is 0 Å². The fourth-order valence-electron chi connectivity index (χ4n) is 0.697. The molecule has 0 atom stereocenters. The second-order valence-electron chi connectivity index (χ2n) is 2.81. The van der Waals surface area contributed by atoms with E-state index in [2.05, 4.69) is 0 Å². The molecule has 0 unspecified atom stereocenters. The lowest BCUT2D eigenvalue weighted by atomic mass is 10.7. The van der Waals surface area contributed by atoms with Gasteiger partial charge in [0.1, 0.15) is 0 Å². The first-order valence-electron chi connectivity index (χ1n) is 4.66. The molecule has 0 aromatic heterocycles. The van der Waals surface area contributed by atoms with Gasteiger partial charge in [-0.25, -0.2) is 0 Å². The van der Waals surface area contributed by atoms with Crippen molar-refractivity contribution in [3.63, 3.8) is 0 Å². The molecule has 3 nitrogen and oxygen atoms in total. The van der Waals surface area contributed by atoms with Crippen LogP contribution >= 0.6 is 11.8 Å². The molecule has 0 amide bonds. The Kier molecular flexibility index (Phi) is 8.01. The van der Waals surface area contributed by atoms with Crippen LogP contribution in [-0.4, -0.2) is 55.3 Å². The van der Waals surface area contributed by atoms with E-state index in [0.717, 1.165) is 0 Å². The third kappa shape index (κ3) is 7.74. The molecule has 0 heterocycles. The normalized spacial score (nSPS) is 13.1. The zero-order valence-corrected chi connectivity index (χ0v) is 9.62. The Morgan fingerprint density at radius 3 is 1.88 bits per heavy atom. The predicted octanol–water partition coefficient (Wildman–Crippen LogP) is 1.90. The summed E-state index contributed by atoms with van der Waals surface area (Å²) >= 11 is -0.510. The SMILES string of the molecule is OCCOCCOCCSC(F)(F)C(F)(F)F. The van der Waals surface area contributed by atoms with Crippen molar-refractivity contribution >= 4 is 11.8 Å². The van der Waals surface area contributed by atoms with E-state index in [9.17, 15) is 22.0 Å². The summed E-state index contributed by atoms with van der Waals surface area (Å²) in [4.78, 5) is 0. The molecule has 0 bridgehead atoms. The molecule has 104 valence electrons. The second kappa shape index (κ2) is 8.06. The molecule has 0 aliphatic heterocycles. The first kappa shape index (κ1) is 16.9. The van der Waals surface area contributed by atoms with Crippen LogP contribution in [0.5, 0.6) is 0 Å². The summed E-state index contributed by atoms with van der Waals surface area (Å²) in [7, 11) is 0. The van der Waals surface area contributed by atoms with Crippen LogP contribution in [0.1, 0.15) is 0 Å². The lowest BCUT2D eigenvalue weighted by Gasteiger charge is -2.18. The lowest BCUT2D eigenvalue weighted by Crippen LogP contribution is -2.33. The molecule has 0 spiro atoms. The van der Waals surface area contributed by atoms with E-state index in [4.69, 9.17) is 14.6 Å². The van der Waals surface area contributed by atoms with Crippen LogP contribution in [0, 0.1) is 0 Å². The van der Waals surface area contributed by atoms with Crippen LogP contribution in [0.15, 0.2) is 0 Å². The second-order valence-corrected chi connectivity index (χ2v) is 4.02. The van der Waals surface area contributed by atoms with E-state index in [-0.39, 0.29) is 33.0 Å². The van der Waals surface area contributed by atoms with Crippen LogP contribution < -0.4 is 0 Å². The maximum atomic E-state index is 12.3. The fourth-order valence-corrected chi connectivity index (χ4v) is 1.32. The number of rotatable bonds is 9. The summed E-state index contributed by atoms with van der Waals surface area (Å²) in [6, 6.07) is 0. The molecule has 9 heteroatoms. The average molecular weight is 284 g/mol. The predicted molar refractivity (Wildman–Crippen MR) is 52.2 cm³/mol. The van der Waals surface area contributed by atoms with Gasteiger partial charge in [0.05, 0.1) is 33.0 Å². The Hall–Kier alpha value is -0.120. The number of aliphatic hydroxyl groups is 1. The number of ether oxygens (including phenoxy) is 2. The molecule has 0 aromatic rings. The van der Waals surface area contributed by atoms with Gasteiger partial charge in [0.25, 0.3) is 0 Å². The third-order valence-electron chi connectivity index (χ3n) is 1.45. The summed E-state index contributed by atoms with van der Waals surface area (Å²) in [5.74, 6) is -0.466. The number of thioether (sulfide) groups is 1. The van der Waals surface area contributed by atoms with Crippen molar-refractivity contribution < 1.29 is 36.5 Å². The Morgan fingerprint density at radius 2 is 1.41 bits per heavy atom. The highest BCUT2D eigenvalue weighted by molar-refractivity contribution is 8.00. The summed E-state index contributed by atoms with van der Waals surface area (Å²) in [5, 5.41) is 3.57. The van der Waals surface area contributed by atoms with Crippen LogP contribution in [0.4, 0.5) is 22.0 Å². The lowest BCUT2D eigenvalue weighted by molar-refractivity contribution is -0.237. The third-order valence-corrected chi connectivity index (χ3v) is 2.41. The largest absolute Gasteiger partial charge is 0.464 e. The molecule has 0 aliphatic carbocycles. The number of halogens is 5. The minimum atomic E-state index is -5.54. The maximum absolute atomic E-state index is 12.3. The Labute approximate surface area is 99.3 Å². The number of aliphatic hydroxyl groups excluding tert-OH is 1. The quantitative estimate of drug-likeness (QED) is 0.518. The maximum Gasteiger partial charge on any atom is 0.464 e. The van der Waals surface area contributed by atoms with Gasteiger partial charge in [-0.1, -0.05) is 11.8 Å². The Bertz CT molecular complexity index is 200. The zero-order valence-electron chi connectivity index (χ0n) is 8.80. The molecule has 0 rings (SSSR count). The standard InChI is InChI=1S/C8H13F5O3S/c9-7(10,11)8(12,13)17-6-5-16-4-3-15-2-1-14/h14H,1-6H2. The highest BCUT2D eigenvalue weighted by atomic mass is 32.2. The van der Waals surface area contributed by atoms with Crippen molar-refractivity contribution in [2.45, 2.75) is 11.4 Å². The fraction of sp³-hybridized carbons (Fsp3) is 1.00. The van der Waals surface area contributed by atoms with Gasteiger partial charge < -0.3 is 14.6 Å². The van der Waals surface area contributed by atoms with Crippen LogP contribution in [0.2, 0.25) is 0 Å². The number of hydrogen-bond acceptors (Lipinski definition) is 4. The van der Waals surface area contributed by atoms with Gasteiger partial charge in [-0.2, -0.15) is 22.0 Å². The molecule has 0 fully saturated rings. The van der Waals surface area contributed by atoms with E-state index >= 15 is 0 Å². The number of hydrogen-bond donors (Lipinski definition) is 1. The van der Waals surface area contributed by atoms with Crippen molar-refractivity contribution in [1.82, 2.24) is 0 Å². The molecule has 0 saturated carbocycles. The smallest absolute Gasteiger partial charge is 0.394 e. The molecule has 0 aliphatic rings. The molecule has 0 aromatic carbocycles. The van der Waals surface area contributed by atoms with Gasteiger partial charge in [-0.05, 0) is 0 Å².